The summed E-state index contributed by atoms with van der Waals surface area (Å²) in [6.45, 7) is 0.322. The van der Waals surface area contributed by atoms with Crippen LogP contribution in [-0.2, 0) is 4.74 Å². The van der Waals surface area contributed by atoms with Gasteiger partial charge in [-0.25, -0.2) is 4.79 Å². The minimum atomic E-state index is -0.495. The van der Waals surface area contributed by atoms with E-state index in [1.807, 2.05) is 0 Å². The number of nitrogen functional groups attached to an aromatic ring is 1. The van der Waals surface area contributed by atoms with E-state index in [9.17, 15) is 4.79 Å². The summed E-state index contributed by atoms with van der Waals surface area (Å²) >= 11 is 0. The number of hydrogen-bond acceptors (Lipinski definition) is 4. The minimum Gasteiger partial charge on any atom is -0.465 e. The van der Waals surface area contributed by atoms with E-state index in [0.29, 0.717) is 29.8 Å². The lowest BCUT2D eigenvalue weighted by atomic mass is 10.1. The molecule has 0 saturated carbocycles. The topological polar surface area (TPSA) is 101 Å². The first-order valence-corrected chi connectivity index (χ1v) is 5.16. The van der Waals surface area contributed by atoms with Gasteiger partial charge in [0.25, 0.3) is 0 Å². The van der Waals surface area contributed by atoms with Crippen molar-refractivity contribution >= 4 is 11.7 Å². The van der Waals surface area contributed by atoms with Crippen molar-refractivity contribution in [2.75, 3.05) is 19.4 Å². The van der Waals surface area contributed by atoms with Gasteiger partial charge in [0.05, 0.1) is 12.7 Å². The number of azide groups is 1. The molecule has 1 aromatic rings. The van der Waals surface area contributed by atoms with Crippen molar-refractivity contribution in [1.29, 1.82) is 0 Å². The number of carbonyl (C=O) groups excluding carboxylic acids is 1. The smallest absolute Gasteiger partial charge is 0.339 e. The first-order valence-electron chi connectivity index (χ1n) is 5.16. The Hall–Kier alpha value is -2.64. The zero-order valence-electron chi connectivity index (χ0n) is 9.88. The van der Waals surface area contributed by atoms with Crippen LogP contribution in [0.15, 0.2) is 23.3 Å². The molecule has 0 bridgehead atoms. The van der Waals surface area contributed by atoms with Gasteiger partial charge < -0.3 is 10.5 Å². The molecule has 6 heteroatoms. The van der Waals surface area contributed by atoms with Gasteiger partial charge >= 0.3 is 5.97 Å². The number of benzene rings is 1. The van der Waals surface area contributed by atoms with Gasteiger partial charge in [-0.2, -0.15) is 0 Å². The number of nitrogens with two attached hydrogens (primary N) is 1. The van der Waals surface area contributed by atoms with Crippen molar-refractivity contribution in [3.05, 3.63) is 39.8 Å². The SMILES string of the molecule is COC(=O)c1cc(C#CCCN=[N+]=[N-])ccc1N. The second-order valence-corrected chi connectivity index (χ2v) is 3.30. The fourth-order valence-corrected chi connectivity index (χ4v) is 1.24. The maximum Gasteiger partial charge on any atom is 0.339 e. The minimum absolute atomic E-state index is 0.291. The quantitative estimate of drug-likeness (QED) is 0.167. The first-order chi connectivity index (χ1) is 8.69. The van der Waals surface area contributed by atoms with E-state index in [-0.39, 0.29) is 0 Å². The van der Waals surface area contributed by atoms with Crippen LogP contribution in [0.25, 0.3) is 10.4 Å². The highest BCUT2D eigenvalue weighted by atomic mass is 16.5. The van der Waals surface area contributed by atoms with Crippen LogP contribution in [0.2, 0.25) is 0 Å². The highest BCUT2D eigenvalue weighted by Crippen LogP contribution is 2.14. The van der Waals surface area contributed by atoms with E-state index in [1.54, 1.807) is 18.2 Å². The van der Waals surface area contributed by atoms with Crippen LogP contribution in [0.1, 0.15) is 22.3 Å². The zero-order chi connectivity index (χ0) is 13.4. The summed E-state index contributed by atoms with van der Waals surface area (Å²) in [6.07, 6.45) is 0.460. The average Bonchev–Trinajstić information content (AvgIpc) is 2.39. The maximum absolute atomic E-state index is 11.4. The number of carbonyl (C=O) groups is 1. The van der Waals surface area contributed by atoms with Crippen molar-refractivity contribution in [3.63, 3.8) is 0 Å². The standard InChI is InChI=1S/C12H12N4O2/c1-18-12(17)10-8-9(5-6-11(10)13)4-2-3-7-15-16-14/h5-6,8H,3,7,13H2,1H3. The lowest BCUT2D eigenvalue weighted by molar-refractivity contribution is 0.0602. The van der Waals surface area contributed by atoms with Crippen molar-refractivity contribution in [2.24, 2.45) is 5.11 Å². The Labute approximate surface area is 104 Å². The molecule has 0 saturated heterocycles. The Morgan fingerprint density at radius 3 is 3.06 bits per heavy atom. The lowest BCUT2D eigenvalue weighted by Crippen LogP contribution is -2.05. The molecule has 1 aromatic carbocycles. The molecule has 0 atom stereocenters. The molecular formula is C12H12N4O2. The summed E-state index contributed by atoms with van der Waals surface area (Å²) in [5.74, 6) is 5.19. The highest BCUT2D eigenvalue weighted by molar-refractivity contribution is 5.95. The van der Waals surface area contributed by atoms with E-state index >= 15 is 0 Å². The van der Waals surface area contributed by atoms with E-state index in [4.69, 9.17) is 11.3 Å². The van der Waals surface area contributed by atoms with Crippen LogP contribution < -0.4 is 5.73 Å². The Balaban J connectivity index is 2.84. The molecule has 6 nitrogen and oxygen atoms in total. The second-order valence-electron chi connectivity index (χ2n) is 3.30. The third kappa shape index (κ3) is 3.74. The van der Waals surface area contributed by atoms with E-state index < -0.39 is 5.97 Å². The fraction of sp³-hybridized carbons (Fsp3) is 0.250. The number of hydrogen-bond donors (Lipinski definition) is 1. The molecule has 0 radical (unpaired) electrons. The monoisotopic (exact) mass is 244 g/mol. The molecule has 0 aliphatic carbocycles. The van der Waals surface area contributed by atoms with Crippen molar-refractivity contribution in [2.45, 2.75) is 6.42 Å². The third-order valence-electron chi connectivity index (χ3n) is 2.09. The molecule has 0 aliphatic heterocycles. The fourth-order valence-electron chi connectivity index (χ4n) is 1.24. The predicted octanol–water partition coefficient (Wildman–Crippen LogP) is 2.11. The van der Waals surface area contributed by atoms with Gasteiger partial charge in [-0.1, -0.05) is 17.0 Å². The van der Waals surface area contributed by atoms with Gasteiger partial charge in [0, 0.05) is 29.1 Å². The summed E-state index contributed by atoms with van der Waals surface area (Å²) < 4.78 is 4.61. The molecular weight excluding hydrogens is 232 g/mol. The van der Waals surface area contributed by atoms with Gasteiger partial charge in [-0.3, -0.25) is 0 Å². The number of methoxy groups -OCH3 is 1. The molecule has 0 unspecified atom stereocenters. The largest absolute Gasteiger partial charge is 0.465 e. The third-order valence-corrected chi connectivity index (χ3v) is 2.09. The van der Waals surface area contributed by atoms with E-state index in [2.05, 4.69) is 26.6 Å². The van der Waals surface area contributed by atoms with Crippen LogP contribution in [0.4, 0.5) is 5.69 Å². The molecule has 0 fully saturated rings. The second kappa shape index (κ2) is 6.84. The van der Waals surface area contributed by atoms with Crippen LogP contribution in [0.3, 0.4) is 0 Å². The summed E-state index contributed by atoms with van der Waals surface area (Å²) in [6, 6.07) is 4.88. The van der Waals surface area contributed by atoms with Crippen molar-refractivity contribution < 1.29 is 9.53 Å². The number of rotatable bonds is 3. The average molecular weight is 244 g/mol. The summed E-state index contributed by atoms with van der Waals surface area (Å²) in [5, 5.41) is 3.36. The summed E-state index contributed by atoms with van der Waals surface area (Å²) in [4.78, 5) is 14.0. The van der Waals surface area contributed by atoms with Crippen LogP contribution in [-0.4, -0.2) is 19.6 Å². The Kier molecular flexibility index (Phi) is 5.10. The molecule has 0 amide bonds. The number of ether oxygens (including phenoxy) is 1. The molecule has 0 spiro atoms. The zero-order valence-corrected chi connectivity index (χ0v) is 9.88. The summed E-state index contributed by atoms with van der Waals surface area (Å²) in [5.41, 5.74) is 15.0. The van der Waals surface area contributed by atoms with E-state index in [1.165, 1.54) is 7.11 Å². The van der Waals surface area contributed by atoms with Crippen LogP contribution in [0, 0.1) is 11.8 Å². The Bertz CT molecular complexity index is 551. The molecule has 0 aliphatic rings. The van der Waals surface area contributed by atoms with Gasteiger partial charge in [0.2, 0.25) is 0 Å². The van der Waals surface area contributed by atoms with Crippen molar-refractivity contribution in [1.82, 2.24) is 0 Å². The molecule has 1 rings (SSSR count). The van der Waals surface area contributed by atoms with Crippen molar-refractivity contribution in [3.8, 4) is 11.8 Å². The van der Waals surface area contributed by atoms with Crippen LogP contribution >= 0.6 is 0 Å². The number of esters is 1. The lowest BCUT2D eigenvalue weighted by Gasteiger charge is -2.03. The molecule has 92 valence electrons. The van der Waals surface area contributed by atoms with Gasteiger partial charge in [-0.15, -0.1) is 0 Å². The normalized spacial score (nSPS) is 8.72. The molecule has 18 heavy (non-hydrogen) atoms. The van der Waals surface area contributed by atoms with Gasteiger partial charge in [-0.05, 0) is 23.7 Å². The first kappa shape index (κ1) is 13.4. The summed E-state index contributed by atoms with van der Waals surface area (Å²) in [7, 11) is 1.29. The highest BCUT2D eigenvalue weighted by Gasteiger charge is 2.09. The molecule has 0 heterocycles. The molecule has 0 aromatic heterocycles. The maximum atomic E-state index is 11.4. The Morgan fingerprint density at radius 1 is 1.61 bits per heavy atom. The Morgan fingerprint density at radius 2 is 2.39 bits per heavy atom. The van der Waals surface area contributed by atoms with Crippen LogP contribution in [0.5, 0.6) is 0 Å². The molecule has 2 N–H and O–H groups in total. The number of nitrogens with zero attached hydrogens (tertiary/aromatic N) is 3. The van der Waals surface area contributed by atoms with Gasteiger partial charge in [0.15, 0.2) is 0 Å². The van der Waals surface area contributed by atoms with E-state index in [0.717, 1.165) is 0 Å². The predicted molar refractivity (Wildman–Crippen MR) is 67.7 cm³/mol. The van der Waals surface area contributed by atoms with Gasteiger partial charge in [0.1, 0.15) is 0 Å². The number of anilines is 1.